The van der Waals surface area contributed by atoms with Crippen molar-refractivity contribution in [1.29, 1.82) is 0 Å². The predicted molar refractivity (Wildman–Crippen MR) is 102 cm³/mol. The molecule has 0 saturated carbocycles. The summed E-state index contributed by atoms with van der Waals surface area (Å²) in [7, 11) is 1.68. The number of aromatic nitrogens is 4. The molecule has 1 aliphatic rings. The van der Waals surface area contributed by atoms with Crippen LogP contribution in [-0.2, 0) is 11.2 Å². The molecule has 0 unspecified atom stereocenters. The van der Waals surface area contributed by atoms with E-state index in [1.165, 1.54) is 0 Å². The fourth-order valence-corrected chi connectivity index (χ4v) is 3.42. The lowest BCUT2D eigenvalue weighted by molar-refractivity contribution is 0.00810. The van der Waals surface area contributed by atoms with E-state index in [4.69, 9.17) is 19.6 Å². The number of para-hydroxylation sites is 1. The Balaban J connectivity index is 1.73. The van der Waals surface area contributed by atoms with Crippen LogP contribution in [0.25, 0.3) is 5.82 Å². The molecule has 6 heteroatoms. The lowest BCUT2D eigenvalue weighted by Gasteiger charge is -2.21. The molecule has 27 heavy (non-hydrogen) atoms. The van der Waals surface area contributed by atoms with E-state index in [1.54, 1.807) is 13.3 Å². The smallest absolute Gasteiger partial charge is 0.163 e. The maximum atomic E-state index is 5.99. The number of hydrogen-bond acceptors (Lipinski definition) is 5. The Morgan fingerprint density at radius 1 is 1.22 bits per heavy atom. The molecule has 6 nitrogen and oxygen atoms in total. The zero-order chi connectivity index (χ0) is 18.6. The SMILES string of the molecule is COc1ccccc1Cc1nc([C@@H]2CCCCO2)n(-c2cc(C)ccn2)n1. The van der Waals surface area contributed by atoms with Gasteiger partial charge in [-0.05, 0) is 49.9 Å². The molecular weight excluding hydrogens is 340 g/mol. The van der Waals surface area contributed by atoms with E-state index in [0.717, 1.165) is 60.2 Å². The summed E-state index contributed by atoms with van der Waals surface area (Å²) in [4.78, 5) is 9.34. The first-order valence-electron chi connectivity index (χ1n) is 9.37. The van der Waals surface area contributed by atoms with Crippen molar-refractivity contribution in [2.75, 3.05) is 13.7 Å². The molecule has 3 aromatic rings. The quantitative estimate of drug-likeness (QED) is 0.689. The monoisotopic (exact) mass is 364 g/mol. The Kier molecular flexibility index (Phi) is 5.16. The second-order valence-electron chi connectivity index (χ2n) is 6.83. The summed E-state index contributed by atoms with van der Waals surface area (Å²) in [5, 5.41) is 4.77. The van der Waals surface area contributed by atoms with Crippen molar-refractivity contribution in [1.82, 2.24) is 19.7 Å². The van der Waals surface area contributed by atoms with Crippen molar-refractivity contribution >= 4 is 0 Å². The van der Waals surface area contributed by atoms with Gasteiger partial charge in [0.1, 0.15) is 11.9 Å². The van der Waals surface area contributed by atoms with Gasteiger partial charge in [-0.2, -0.15) is 4.68 Å². The largest absolute Gasteiger partial charge is 0.496 e. The number of aryl methyl sites for hydroxylation is 1. The molecule has 140 valence electrons. The Morgan fingerprint density at radius 3 is 2.89 bits per heavy atom. The third-order valence-electron chi connectivity index (χ3n) is 4.80. The average molecular weight is 364 g/mol. The molecule has 0 amide bonds. The van der Waals surface area contributed by atoms with Crippen molar-refractivity contribution in [2.24, 2.45) is 0 Å². The summed E-state index contributed by atoms with van der Waals surface area (Å²) in [6.45, 7) is 2.81. The summed E-state index contributed by atoms with van der Waals surface area (Å²) < 4.78 is 13.3. The molecule has 0 spiro atoms. The van der Waals surface area contributed by atoms with Gasteiger partial charge in [-0.25, -0.2) is 9.97 Å². The molecule has 1 aromatic carbocycles. The minimum absolute atomic E-state index is 0.0417. The topological polar surface area (TPSA) is 62.1 Å². The van der Waals surface area contributed by atoms with E-state index < -0.39 is 0 Å². The summed E-state index contributed by atoms with van der Waals surface area (Å²) >= 11 is 0. The van der Waals surface area contributed by atoms with Crippen LogP contribution in [-0.4, -0.2) is 33.5 Å². The first-order chi connectivity index (χ1) is 13.2. The van der Waals surface area contributed by atoms with Crippen LogP contribution in [0, 0.1) is 6.92 Å². The third-order valence-corrected chi connectivity index (χ3v) is 4.80. The van der Waals surface area contributed by atoms with E-state index in [-0.39, 0.29) is 6.10 Å². The molecule has 1 atom stereocenters. The first-order valence-corrected chi connectivity index (χ1v) is 9.37. The number of hydrogen-bond donors (Lipinski definition) is 0. The second-order valence-corrected chi connectivity index (χ2v) is 6.83. The lowest BCUT2D eigenvalue weighted by Crippen LogP contribution is -2.17. The number of benzene rings is 1. The van der Waals surface area contributed by atoms with E-state index in [2.05, 4.69) is 11.9 Å². The Morgan fingerprint density at radius 2 is 2.11 bits per heavy atom. The number of pyridine rings is 1. The third kappa shape index (κ3) is 3.85. The number of methoxy groups -OCH3 is 1. The Hall–Kier alpha value is -2.73. The van der Waals surface area contributed by atoms with Crippen molar-refractivity contribution in [3.05, 3.63) is 65.4 Å². The van der Waals surface area contributed by atoms with E-state index in [0.29, 0.717) is 6.42 Å². The zero-order valence-electron chi connectivity index (χ0n) is 15.8. The highest BCUT2D eigenvalue weighted by Crippen LogP contribution is 2.29. The van der Waals surface area contributed by atoms with E-state index in [9.17, 15) is 0 Å². The van der Waals surface area contributed by atoms with Gasteiger partial charge in [0.15, 0.2) is 17.5 Å². The van der Waals surface area contributed by atoms with Gasteiger partial charge in [0, 0.05) is 24.8 Å². The molecule has 1 fully saturated rings. The van der Waals surface area contributed by atoms with Crippen molar-refractivity contribution in [2.45, 2.75) is 38.7 Å². The molecule has 2 aromatic heterocycles. The molecule has 0 N–H and O–H groups in total. The lowest BCUT2D eigenvalue weighted by atomic mass is 10.1. The van der Waals surface area contributed by atoms with Gasteiger partial charge in [0.2, 0.25) is 0 Å². The van der Waals surface area contributed by atoms with Gasteiger partial charge in [-0.1, -0.05) is 18.2 Å². The van der Waals surface area contributed by atoms with Crippen LogP contribution in [0.4, 0.5) is 0 Å². The standard InChI is InChI=1S/C21H24N4O2/c1-15-10-11-22-20(13-15)25-21(18-9-5-6-12-27-18)23-19(24-25)14-16-7-3-4-8-17(16)26-2/h3-4,7-8,10-11,13,18H,5-6,9,12,14H2,1-2H3/t18-/m0/s1. The maximum absolute atomic E-state index is 5.99. The van der Waals surface area contributed by atoms with Gasteiger partial charge in [-0.3, -0.25) is 0 Å². The van der Waals surface area contributed by atoms with Gasteiger partial charge >= 0.3 is 0 Å². The summed E-state index contributed by atoms with van der Waals surface area (Å²) in [6.07, 6.45) is 5.56. The minimum Gasteiger partial charge on any atom is -0.496 e. The fraction of sp³-hybridized carbons (Fsp3) is 0.381. The normalized spacial score (nSPS) is 17.0. The van der Waals surface area contributed by atoms with Crippen molar-refractivity contribution < 1.29 is 9.47 Å². The summed E-state index contributed by atoms with van der Waals surface area (Å²) in [5.41, 5.74) is 2.20. The van der Waals surface area contributed by atoms with Crippen LogP contribution in [0.1, 0.15) is 48.1 Å². The second kappa shape index (κ2) is 7.88. The minimum atomic E-state index is -0.0417. The van der Waals surface area contributed by atoms with Crippen LogP contribution in [0.3, 0.4) is 0 Å². The van der Waals surface area contributed by atoms with Crippen LogP contribution >= 0.6 is 0 Å². The zero-order valence-corrected chi connectivity index (χ0v) is 15.8. The van der Waals surface area contributed by atoms with Gasteiger partial charge < -0.3 is 9.47 Å². The Labute approximate surface area is 159 Å². The summed E-state index contributed by atoms with van der Waals surface area (Å²) in [5.74, 6) is 3.20. The highest BCUT2D eigenvalue weighted by Gasteiger charge is 2.25. The number of rotatable bonds is 5. The molecule has 0 aliphatic carbocycles. The molecule has 0 radical (unpaired) electrons. The highest BCUT2D eigenvalue weighted by atomic mass is 16.5. The summed E-state index contributed by atoms with van der Waals surface area (Å²) in [6, 6.07) is 12.0. The predicted octanol–water partition coefficient (Wildman–Crippen LogP) is 3.81. The average Bonchev–Trinajstić information content (AvgIpc) is 3.13. The van der Waals surface area contributed by atoms with Gasteiger partial charge in [0.05, 0.1) is 7.11 Å². The van der Waals surface area contributed by atoms with Crippen LogP contribution < -0.4 is 4.74 Å². The molecule has 1 aliphatic heterocycles. The van der Waals surface area contributed by atoms with Crippen molar-refractivity contribution in [3.8, 4) is 11.6 Å². The van der Waals surface area contributed by atoms with Crippen molar-refractivity contribution in [3.63, 3.8) is 0 Å². The van der Waals surface area contributed by atoms with Crippen LogP contribution in [0.15, 0.2) is 42.6 Å². The molecule has 3 heterocycles. The Bertz CT molecular complexity index is 916. The van der Waals surface area contributed by atoms with Crippen LogP contribution in [0.5, 0.6) is 5.75 Å². The number of nitrogens with zero attached hydrogens (tertiary/aromatic N) is 4. The van der Waals surface area contributed by atoms with Gasteiger partial charge in [-0.15, -0.1) is 5.10 Å². The first kappa shape index (κ1) is 17.7. The maximum Gasteiger partial charge on any atom is 0.163 e. The van der Waals surface area contributed by atoms with Crippen LogP contribution in [0.2, 0.25) is 0 Å². The molecular formula is C21H24N4O2. The number of ether oxygens (including phenoxy) is 2. The molecule has 4 rings (SSSR count). The van der Waals surface area contributed by atoms with E-state index in [1.807, 2.05) is 41.1 Å². The molecule has 0 bridgehead atoms. The van der Waals surface area contributed by atoms with E-state index >= 15 is 0 Å². The fourth-order valence-electron chi connectivity index (χ4n) is 3.42. The van der Waals surface area contributed by atoms with Gasteiger partial charge in [0.25, 0.3) is 0 Å². The molecule has 1 saturated heterocycles. The highest BCUT2D eigenvalue weighted by molar-refractivity contribution is 5.35.